The van der Waals surface area contributed by atoms with Crippen molar-refractivity contribution in [1.82, 2.24) is 20.2 Å². The van der Waals surface area contributed by atoms with Gasteiger partial charge in [-0.25, -0.2) is 14.8 Å². The van der Waals surface area contributed by atoms with Crippen LogP contribution in [0.2, 0.25) is 0 Å². The number of carbonyl (C=O) groups excluding carboxylic acids is 2. The lowest BCUT2D eigenvalue weighted by atomic mass is 9.81. The highest BCUT2D eigenvalue weighted by atomic mass is 16.7. The molecule has 1 aromatic heterocycles. The maximum Gasteiger partial charge on any atom is 0.498 e. The van der Waals surface area contributed by atoms with Crippen LogP contribution in [0.25, 0.3) is 0 Å². The van der Waals surface area contributed by atoms with Gasteiger partial charge in [0, 0.05) is 44.5 Å². The Labute approximate surface area is 222 Å². The third kappa shape index (κ3) is 7.13. The lowest BCUT2D eigenvalue weighted by Crippen LogP contribution is -2.51. The van der Waals surface area contributed by atoms with Crippen molar-refractivity contribution >= 4 is 30.5 Å². The molecule has 2 aliphatic rings. The molecule has 11 heteroatoms. The molecule has 37 heavy (non-hydrogen) atoms. The van der Waals surface area contributed by atoms with E-state index in [2.05, 4.69) is 15.3 Å². The quantitative estimate of drug-likeness (QED) is 0.551. The van der Waals surface area contributed by atoms with Gasteiger partial charge in [0.2, 0.25) is 11.9 Å². The number of nitrogens with one attached hydrogen (secondary N) is 1. The van der Waals surface area contributed by atoms with E-state index < -0.39 is 36.1 Å². The Morgan fingerprint density at radius 3 is 2.27 bits per heavy atom. The van der Waals surface area contributed by atoms with E-state index in [1.54, 1.807) is 33.2 Å². The summed E-state index contributed by atoms with van der Waals surface area (Å²) in [6.07, 6.45) is 3.80. The standard InChI is InChI=1S/C26H44BN5O5/c1-17(2)20(30-23(34)35-24(3,4)5)21(33)32-12-11-18(16-32)15-31(10)22-28-13-19(14-29-22)27-36-25(6,7)26(8,9)37-27/h13-14,17-18,20H,11-12,15-16H2,1-10H3,(H,30,34)/t18-,20-/m1/s1. The molecule has 0 spiro atoms. The smallest absolute Gasteiger partial charge is 0.444 e. The molecule has 0 aromatic carbocycles. The Hall–Kier alpha value is -2.40. The minimum atomic E-state index is -0.628. The molecule has 0 radical (unpaired) electrons. The summed E-state index contributed by atoms with van der Waals surface area (Å²) < 4.78 is 17.5. The van der Waals surface area contributed by atoms with Gasteiger partial charge < -0.3 is 29.2 Å². The number of hydrogen-bond donors (Lipinski definition) is 1. The summed E-state index contributed by atoms with van der Waals surface area (Å²) >= 11 is 0. The summed E-state index contributed by atoms with van der Waals surface area (Å²) in [4.78, 5) is 38.5. The lowest BCUT2D eigenvalue weighted by molar-refractivity contribution is -0.133. The zero-order valence-electron chi connectivity index (χ0n) is 24.1. The lowest BCUT2D eigenvalue weighted by Gasteiger charge is -2.32. The number of rotatable bonds is 7. The van der Waals surface area contributed by atoms with Crippen LogP contribution >= 0.6 is 0 Å². The fraction of sp³-hybridized carbons (Fsp3) is 0.769. The van der Waals surface area contributed by atoms with E-state index in [0.717, 1.165) is 11.9 Å². The van der Waals surface area contributed by atoms with E-state index in [1.807, 2.05) is 58.4 Å². The van der Waals surface area contributed by atoms with Crippen molar-refractivity contribution in [2.75, 3.05) is 31.6 Å². The first-order chi connectivity index (χ1) is 17.0. The van der Waals surface area contributed by atoms with Crippen LogP contribution < -0.4 is 15.7 Å². The van der Waals surface area contributed by atoms with Crippen LogP contribution in [0.15, 0.2) is 12.4 Å². The summed E-state index contributed by atoms with van der Waals surface area (Å²) in [5.74, 6) is 0.748. The molecule has 0 saturated carbocycles. The number of alkyl carbamates (subject to hydrolysis) is 1. The van der Waals surface area contributed by atoms with Crippen LogP contribution in [0, 0.1) is 11.8 Å². The molecule has 2 saturated heterocycles. The van der Waals surface area contributed by atoms with Gasteiger partial charge in [0.05, 0.1) is 11.2 Å². The first kappa shape index (κ1) is 29.2. The van der Waals surface area contributed by atoms with Crippen LogP contribution in [-0.4, -0.2) is 83.5 Å². The molecule has 2 aliphatic heterocycles. The molecule has 0 unspecified atom stereocenters. The van der Waals surface area contributed by atoms with Crippen LogP contribution in [0.3, 0.4) is 0 Å². The molecule has 3 rings (SSSR count). The highest BCUT2D eigenvalue weighted by Crippen LogP contribution is 2.36. The third-order valence-electron chi connectivity index (χ3n) is 7.26. The monoisotopic (exact) mass is 517 g/mol. The minimum Gasteiger partial charge on any atom is -0.444 e. The molecule has 206 valence electrons. The van der Waals surface area contributed by atoms with E-state index >= 15 is 0 Å². The van der Waals surface area contributed by atoms with Crippen molar-refractivity contribution < 1.29 is 23.6 Å². The normalized spacial score (nSPS) is 21.8. The van der Waals surface area contributed by atoms with Crippen molar-refractivity contribution in [3.05, 3.63) is 12.4 Å². The average Bonchev–Trinajstić information content (AvgIpc) is 3.31. The summed E-state index contributed by atoms with van der Waals surface area (Å²) in [6.45, 7) is 19.3. The fourth-order valence-electron chi connectivity index (χ4n) is 4.42. The highest BCUT2D eigenvalue weighted by molar-refractivity contribution is 6.61. The number of likely N-dealkylation sites (tertiary alicyclic amines) is 1. The number of nitrogens with zero attached hydrogens (tertiary/aromatic N) is 4. The van der Waals surface area contributed by atoms with Crippen molar-refractivity contribution in [2.45, 2.75) is 91.6 Å². The summed E-state index contributed by atoms with van der Waals surface area (Å²) in [7, 11) is 1.46. The van der Waals surface area contributed by atoms with E-state index in [9.17, 15) is 9.59 Å². The molecular weight excluding hydrogens is 473 g/mol. The third-order valence-corrected chi connectivity index (χ3v) is 7.26. The van der Waals surface area contributed by atoms with Crippen molar-refractivity contribution in [1.29, 1.82) is 0 Å². The second-order valence-electron chi connectivity index (χ2n) is 12.6. The molecule has 10 nitrogen and oxygen atoms in total. The summed E-state index contributed by atoms with van der Waals surface area (Å²) in [5.41, 5.74) is -0.681. The largest absolute Gasteiger partial charge is 0.498 e. The molecule has 2 amide bonds. The number of hydrogen-bond acceptors (Lipinski definition) is 8. The van der Waals surface area contributed by atoms with Gasteiger partial charge in [0.25, 0.3) is 0 Å². The first-order valence-electron chi connectivity index (χ1n) is 13.2. The molecule has 2 fully saturated rings. The van der Waals surface area contributed by atoms with E-state index in [-0.39, 0.29) is 17.7 Å². The van der Waals surface area contributed by atoms with Crippen molar-refractivity contribution in [3.8, 4) is 0 Å². The van der Waals surface area contributed by atoms with Crippen molar-refractivity contribution in [2.24, 2.45) is 11.8 Å². The van der Waals surface area contributed by atoms with Gasteiger partial charge in [-0.15, -0.1) is 0 Å². The number of ether oxygens (including phenoxy) is 1. The second kappa shape index (κ2) is 10.8. The fourth-order valence-corrected chi connectivity index (χ4v) is 4.42. The van der Waals surface area contributed by atoms with Gasteiger partial charge in [0.1, 0.15) is 11.6 Å². The second-order valence-corrected chi connectivity index (χ2v) is 12.6. The topological polar surface area (TPSA) is 106 Å². The average molecular weight is 517 g/mol. The van der Waals surface area contributed by atoms with Crippen molar-refractivity contribution in [3.63, 3.8) is 0 Å². The molecule has 3 heterocycles. The Balaban J connectivity index is 1.55. The minimum absolute atomic E-state index is 0.0577. The van der Waals surface area contributed by atoms with E-state index in [4.69, 9.17) is 14.0 Å². The predicted molar refractivity (Wildman–Crippen MR) is 144 cm³/mol. The highest BCUT2D eigenvalue weighted by Gasteiger charge is 2.52. The Bertz CT molecular complexity index is 947. The Morgan fingerprint density at radius 1 is 1.19 bits per heavy atom. The van der Waals surface area contributed by atoms with Crippen LogP contribution in [-0.2, 0) is 18.8 Å². The maximum atomic E-state index is 13.2. The van der Waals surface area contributed by atoms with Gasteiger partial charge in [-0.05, 0) is 66.7 Å². The summed E-state index contributed by atoms with van der Waals surface area (Å²) in [5, 5.41) is 2.77. The molecular formula is C26H44BN5O5. The number of carbonyl (C=O) groups is 2. The predicted octanol–water partition coefficient (Wildman–Crippen LogP) is 2.61. The molecule has 1 N–H and O–H groups in total. The zero-order chi connectivity index (χ0) is 27.8. The van der Waals surface area contributed by atoms with Gasteiger partial charge in [0.15, 0.2) is 0 Å². The number of amides is 2. The Morgan fingerprint density at radius 2 is 1.76 bits per heavy atom. The van der Waals surface area contributed by atoms with Gasteiger partial charge >= 0.3 is 13.2 Å². The molecule has 2 atom stereocenters. The van der Waals surface area contributed by atoms with Gasteiger partial charge in [-0.1, -0.05) is 13.8 Å². The molecule has 0 bridgehead atoms. The van der Waals surface area contributed by atoms with Gasteiger partial charge in [-0.2, -0.15) is 0 Å². The van der Waals surface area contributed by atoms with Gasteiger partial charge in [-0.3, -0.25) is 4.79 Å². The van der Waals surface area contributed by atoms with Crippen LogP contribution in [0.5, 0.6) is 0 Å². The number of aromatic nitrogens is 2. The van der Waals surface area contributed by atoms with Crippen LogP contribution in [0.4, 0.5) is 10.7 Å². The SMILES string of the molecule is CC(C)[C@@H](NC(=O)OC(C)(C)C)C(=O)N1CC[C@H](CN(C)c2ncc(B3OC(C)(C)C(C)(C)O3)cn2)C1. The molecule has 0 aliphatic carbocycles. The van der Waals surface area contributed by atoms with Crippen LogP contribution in [0.1, 0.15) is 68.7 Å². The summed E-state index contributed by atoms with van der Waals surface area (Å²) in [6, 6.07) is -0.628. The first-order valence-corrected chi connectivity index (χ1v) is 13.2. The van der Waals surface area contributed by atoms with E-state index in [0.29, 0.717) is 25.6 Å². The number of anilines is 1. The Kier molecular flexibility index (Phi) is 8.49. The zero-order valence-corrected chi connectivity index (χ0v) is 24.1. The maximum absolute atomic E-state index is 13.2. The van der Waals surface area contributed by atoms with E-state index in [1.165, 1.54) is 0 Å². The molecule has 1 aromatic rings.